The molecule has 1 heterocycles. The van der Waals surface area contributed by atoms with Gasteiger partial charge in [-0.2, -0.15) is 0 Å². The van der Waals surface area contributed by atoms with Gasteiger partial charge in [-0.05, 0) is 49.2 Å². The van der Waals surface area contributed by atoms with Gasteiger partial charge < -0.3 is 10.6 Å². The normalized spacial score (nSPS) is 16.2. The van der Waals surface area contributed by atoms with Crippen LogP contribution in [0.1, 0.15) is 25.3 Å². The Balaban J connectivity index is 1.67. The van der Waals surface area contributed by atoms with E-state index in [1.807, 2.05) is 32.0 Å². The molecule has 0 radical (unpaired) electrons. The SMILES string of the molecule is CC[C@H]1Sc2ccc(S(=O)(=O)CCC(=O)Nc3cccc(C)c3)cc2NC1=O. The minimum absolute atomic E-state index is 0.102. The zero-order valence-electron chi connectivity index (χ0n) is 15.7. The molecule has 0 fully saturated rings. The van der Waals surface area contributed by atoms with Crippen molar-refractivity contribution in [3.05, 3.63) is 48.0 Å². The molecule has 1 atom stereocenters. The number of anilines is 2. The van der Waals surface area contributed by atoms with E-state index in [0.29, 0.717) is 17.8 Å². The number of aryl methyl sites for hydroxylation is 1. The van der Waals surface area contributed by atoms with Crippen molar-refractivity contribution in [3.63, 3.8) is 0 Å². The van der Waals surface area contributed by atoms with Gasteiger partial charge in [-0.3, -0.25) is 9.59 Å². The van der Waals surface area contributed by atoms with E-state index >= 15 is 0 Å². The Labute approximate surface area is 169 Å². The number of nitrogens with one attached hydrogen (secondary N) is 2. The van der Waals surface area contributed by atoms with Crippen LogP contribution in [0.4, 0.5) is 11.4 Å². The van der Waals surface area contributed by atoms with Gasteiger partial charge in [0.25, 0.3) is 0 Å². The van der Waals surface area contributed by atoms with Gasteiger partial charge in [0, 0.05) is 17.0 Å². The summed E-state index contributed by atoms with van der Waals surface area (Å²) in [5.74, 6) is -0.781. The summed E-state index contributed by atoms with van der Waals surface area (Å²) in [4.78, 5) is 25.1. The van der Waals surface area contributed by atoms with Crippen molar-refractivity contribution in [1.29, 1.82) is 0 Å². The maximum atomic E-state index is 12.6. The highest BCUT2D eigenvalue weighted by atomic mass is 32.2. The van der Waals surface area contributed by atoms with E-state index in [9.17, 15) is 18.0 Å². The van der Waals surface area contributed by atoms with Crippen molar-refractivity contribution in [2.75, 3.05) is 16.4 Å². The lowest BCUT2D eigenvalue weighted by Gasteiger charge is -2.23. The highest BCUT2D eigenvalue weighted by molar-refractivity contribution is 8.01. The van der Waals surface area contributed by atoms with E-state index in [4.69, 9.17) is 0 Å². The number of amides is 2. The quantitative estimate of drug-likeness (QED) is 0.747. The lowest BCUT2D eigenvalue weighted by molar-refractivity contribution is -0.116. The molecule has 0 aromatic heterocycles. The van der Waals surface area contributed by atoms with E-state index in [2.05, 4.69) is 10.6 Å². The largest absolute Gasteiger partial charge is 0.326 e. The van der Waals surface area contributed by atoms with E-state index < -0.39 is 9.84 Å². The minimum Gasteiger partial charge on any atom is -0.326 e. The van der Waals surface area contributed by atoms with Crippen molar-refractivity contribution in [2.45, 2.75) is 41.7 Å². The molecule has 3 rings (SSSR count). The third-order valence-electron chi connectivity index (χ3n) is 4.40. The zero-order valence-corrected chi connectivity index (χ0v) is 17.3. The highest BCUT2D eigenvalue weighted by Crippen LogP contribution is 2.38. The van der Waals surface area contributed by atoms with Crippen LogP contribution in [0.15, 0.2) is 52.3 Å². The monoisotopic (exact) mass is 418 g/mol. The summed E-state index contributed by atoms with van der Waals surface area (Å²) in [6, 6.07) is 12.0. The summed E-state index contributed by atoms with van der Waals surface area (Å²) in [6.07, 6.45) is 0.554. The first-order valence-corrected chi connectivity index (χ1v) is 11.5. The number of hydrogen-bond donors (Lipinski definition) is 2. The number of thioether (sulfide) groups is 1. The van der Waals surface area contributed by atoms with Crippen molar-refractivity contribution in [1.82, 2.24) is 0 Å². The van der Waals surface area contributed by atoms with Crippen molar-refractivity contribution in [3.8, 4) is 0 Å². The van der Waals surface area contributed by atoms with Crippen LogP contribution in [0.5, 0.6) is 0 Å². The minimum atomic E-state index is -3.65. The summed E-state index contributed by atoms with van der Waals surface area (Å²) in [7, 11) is -3.65. The number of carbonyl (C=O) groups excluding carboxylic acids is 2. The van der Waals surface area contributed by atoms with Crippen LogP contribution in [0.25, 0.3) is 0 Å². The molecule has 0 saturated carbocycles. The van der Waals surface area contributed by atoms with Gasteiger partial charge in [0.05, 0.1) is 21.6 Å². The van der Waals surface area contributed by atoms with Crippen LogP contribution < -0.4 is 10.6 Å². The molecule has 2 N–H and O–H groups in total. The Morgan fingerprint density at radius 3 is 2.71 bits per heavy atom. The molecule has 148 valence electrons. The fourth-order valence-corrected chi connectivity index (χ4v) is 5.17. The second-order valence-corrected chi connectivity index (χ2v) is 10.0. The van der Waals surface area contributed by atoms with E-state index in [1.54, 1.807) is 12.1 Å². The molecule has 1 aliphatic rings. The van der Waals surface area contributed by atoms with Crippen LogP contribution in [0.2, 0.25) is 0 Å². The molecular formula is C20H22N2O4S2. The fourth-order valence-electron chi connectivity index (χ4n) is 2.88. The molecule has 2 aromatic rings. The molecule has 6 nitrogen and oxygen atoms in total. The summed E-state index contributed by atoms with van der Waals surface area (Å²) in [5, 5.41) is 5.32. The second kappa shape index (κ2) is 8.36. The number of carbonyl (C=O) groups is 2. The lowest BCUT2D eigenvalue weighted by Crippen LogP contribution is -2.28. The number of fused-ring (bicyclic) bond motifs is 1. The number of benzene rings is 2. The summed E-state index contributed by atoms with van der Waals surface area (Å²) in [6.45, 7) is 3.85. The third kappa shape index (κ3) is 4.74. The first-order valence-electron chi connectivity index (χ1n) is 8.99. The van der Waals surface area contributed by atoms with Gasteiger partial charge in [-0.15, -0.1) is 11.8 Å². The molecular weight excluding hydrogens is 396 g/mol. The van der Waals surface area contributed by atoms with Crippen molar-refractivity contribution < 1.29 is 18.0 Å². The summed E-state index contributed by atoms with van der Waals surface area (Å²) in [5.41, 5.74) is 2.15. The van der Waals surface area contributed by atoms with E-state index in [-0.39, 0.29) is 34.1 Å². The Bertz CT molecular complexity index is 1020. The molecule has 0 saturated heterocycles. The third-order valence-corrected chi connectivity index (χ3v) is 7.56. The first kappa shape index (κ1) is 20.4. The van der Waals surface area contributed by atoms with E-state index in [1.165, 1.54) is 23.9 Å². The summed E-state index contributed by atoms with van der Waals surface area (Å²) < 4.78 is 25.3. The maximum Gasteiger partial charge on any atom is 0.237 e. The van der Waals surface area contributed by atoms with Crippen LogP contribution in [0, 0.1) is 6.92 Å². The Morgan fingerprint density at radius 2 is 2.00 bits per heavy atom. The zero-order chi connectivity index (χ0) is 20.3. The molecule has 0 spiro atoms. The van der Waals surface area contributed by atoms with Gasteiger partial charge in [0.2, 0.25) is 11.8 Å². The molecule has 28 heavy (non-hydrogen) atoms. The smallest absolute Gasteiger partial charge is 0.237 e. The Kier molecular flexibility index (Phi) is 6.10. The van der Waals surface area contributed by atoms with Crippen molar-refractivity contribution >= 4 is 44.8 Å². The molecule has 8 heteroatoms. The van der Waals surface area contributed by atoms with Gasteiger partial charge >= 0.3 is 0 Å². The Hall–Kier alpha value is -2.32. The van der Waals surface area contributed by atoms with Gasteiger partial charge in [-0.1, -0.05) is 19.1 Å². The van der Waals surface area contributed by atoms with Crippen LogP contribution in [-0.2, 0) is 19.4 Å². The average molecular weight is 419 g/mol. The molecule has 0 bridgehead atoms. The molecule has 0 unspecified atom stereocenters. The number of sulfone groups is 1. The van der Waals surface area contributed by atoms with Gasteiger partial charge in [0.15, 0.2) is 9.84 Å². The van der Waals surface area contributed by atoms with Gasteiger partial charge in [-0.25, -0.2) is 8.42 Å². The molecule has 2 aromatic carbocycles. The first-order chi connectivity index (χ1) is 13.3. The molecule has 1 aliphatic heterocycles. The topological polar surface area (TPSA) is 92.3 Å². The Morgan fingerprint density at radius 1 is 1.21 bits per heavy atom. The van der Waals surface area contributed by atoms with Gasteiger partial charge in [0.1, 0.15) is 0 Å². The predicted molar refractivity (Wildman–Crippen MR) is 111 cm³/mol. The van der Waals surface area contributed by atoms with Crippen molar-refractivity contribution in [2.24, 2.45) is 0 Å². The predicted octanol–water partition coefficient (Wildman–Crippen LogP) is 3.62. The highest BCUT2D eigenvalue weighted by Gasteiger charge is 2.27. The lowest BCUT2D eigenvalue weighted by atomic mass is 10.2. The second-order valence-electron chi connectivity index (χ2n) is 6.65. The standard InChI is InChI=1S/C20H22N2O4S2/c1-3-17-20(24)22-16-12-15(7-8-18(16)27-17)28(25,26)10-9-19(23)21-14-6-4-5-13(2)11-14/h4-8,11-12,17H,3,9-10H2,1-2H3,(H,21,23)(H,22,24)/t17-/m1/s1. The van der Waals surface area contributed by atoms with E-state index in [0.717, 1.165) is 10.5 Å². The maximum absolute atomic E-state index is 12.6. The van der Waals surface area contributed by atoms with Crippen LogP contribution in [-0.4, -0.2) is 31.2 Å². The fraction of sp³-hybridized carbons (Fsp3) is 0.300. The average Bonchev–Trinajstić information content (AvgIpc) is 2.65. The number of hydrogen-bond acceptors (Lipinski definition) is 5. The molecule has 2 amide bonds. The van der Waals surface area contributed by atoms with Crippen LogP contribution >= 0.6 is 11.8 Å². The van der Waals surface area contributed by atoms with Crippen LogP contribution in [0.3, 0.4) is 0 Å². The number of rotatable bonds is 6. The summed E-state index contributed by atoms with van der Waals surface area (Å²) >= 11 is 1.43. The molecule has 0 aliphatic carbocycles.